The minimum Gasteiger partial charge on any atom is -0.324 e. The normalized spacial score (nSPS) is 12.4. The van der Waals surface area contributed by atoms with Crippen molar-refractivity contribution in [2.24, 2.45) is 0 Å². The molecule has 1 heterocycles. The first-order valence-electron chi connectivity index (χ1n) is 6.65. The van der Waals surface area contributed by atoms with Crippen molar-refractivity contribution in [2.45, 2.75) is 26.4 Å². The molecule has 1 aromatic carbocycles. The molecular formula is C16H20N2OS. The molecule has 0 spiro atoms. The fourth-order valence-electron chi connectivity index (χ4n) is 1.96. The molecule has 0 fully saturated rings. The number of amides is 1. The lowest BCUT2D eigenvalue weighted by Gasteiger charge is -2.23. The summed E-state index contributed by atoms with van der Waals surface area (Å²) >= 11 is 1.68. The topological polar surface area (TPSA) is 32.3 Å². The monoisotopic (exact) mass is 288 g/mol. The van der Waals surface area contributed by atoms with Crippen molar-refractivity contribution in [1.29, 1.82) is 0 Å². The highest BCUT2D eigenvalue weighted by Crippen LogP contribution is 2.15. The third-order valence-corrected chi connectivity index (χ3v) is 4.19. The standard InChI is InChI=1S/C16H20N2OS/c1-12-6-4-5-7-15(12)17-16(19)13(2)18(3)10-14-8-9-20-11-14/h4-9,11,13H,10H2,1-3H3,(H,17,19). The summed E-state index contributed by atoms with van der Waals surface area (Å²) in [6, 6.07) is 9.75. The molecule has 3 nitrogen and oxygen atoms in total. The molecule has 1 unspecified atom stereocenters. The van der Waals surface area contributed by atoms with E-state index in [4.69, 9.17) is 0 Å². The zero-order valence-electron chi connectivity index (χ0n) is 12.1. The summed E-state index contributed by atoms with van der Waals surface area (Å²) in [6.07, 6.45) is 0. The van der Waals surface area contributed by atoms with Gasteiger partial charge in [-0.3, -0.25) is 9.69 Å². The van der Waals surface area contributed by atoms with Gasteiger partial charge in [0.2, 0.25) is 5.91 Å². The number of nitrogens with one attached hydrogen (secondary N) is 1. The van der Waals surface area contributed by atoms with Crippen LogP contribution >= 0.6 is 11.3 Å². The molecule has 0 saturated heterocycles. The van der Waals surface area contributed by atoms with E-state index in [0.717, 1.165) is 17.8 Å². The van der Waals surface area contributed by atoms with Gasteiger partial charge in [0.1, 0.15) is 0 Å². The van der Waals surface area contributed by atoms with Crippen LogP contribution in [-0.2, 0) is 11.3 Å². The lowest BCUT2D eigenvalue weighted by atomic mass is 10.2. The predicted octanol–water partition coefficient (Wildman–Crippen LogP) is 3.52. The molecule has 1 aromatic heterocycles. The van der Waals surface area contributed by atoms with Crippen molar-refractivity contribution in [3.63, 3.8) is 0 Å². The van der Waals surface area contributed by atoms with Crippen LogP contribution in [0, 0.1) is 6.92 Å². The molecule has 0 radical (unpaired) electrons. The molecule has 1 atom stereocenters. The summed E-state index contributed by atoms with van der Waals surface area (Å²) in [5, 5.41) is 7.16. The van der Waals surface area contributed by atoms with Gasteiger partial charge in [0, 0.05) is 12.2 Å². The van der Waals surface area contributed by atoms with Crippen LogP contribution in [0.25, 0.3) is 0 Å². The summed E-state index contributed by atoms with van der Waals surface area (Å²) in [6.45, 7) is 4.71. The summed E-state index contributed by atoms with van der Waals surface area (Å²) in [7, 11) is 1.97. The lowest BCUT2D eigenvalue weighted by molar-refractivity contribution is -0.120. The Hall–Kier alpha value is -1.65. The minimum absolute atomic E-state index is 0.0250. The molecule has 2 rings (SSSR count). The van der Waals surface area contributed by atoms with Crippen molar-refractivity contribution >= 4 is 22.9 Å². The van der Waals surface area contributed by atoms with Crippen molar-refractivity contribution in [3.05, 3.63) is 52.2 Å². The van der Waals surface area contributed by atoms with Gasteiger partial charge in [0.05, 0.1) is 6.04 Å². The van der Waals surface area contributed by atoms with E-state index in [1.807, 2.05) is 45.2 Å². The van der Waals surface area contributed by atoms with E-state index in [2.05, 4.69) is 27.0 Å². The van der Waals surface area contributed by atoms with Gasteiger partial charge in [-0.25, -0.2) is 0 Å². The quantitative estimate of drug-likeness (QED) is 0.913. The second-order valence-corrected chi connectivity index (χ2v) is 5.81. The summed E-state index contributed by atoms with van der Waals surface area (Å²) < 4.78 is 0. The highest BCUT2D eigenvalue weighted by Gasteiger charge is 2.18. The van der Waals surface area contributed by atoms with Crippen LogP contribution in [0.1, 0.15) is 18.1 Å². The molecule has 1 amide bonds. The zero-order valence-corrected chi connectivity index (χ0v) is 12.9. The zero-order chi connectivity index (χ0) is 14.5. The third kappa shape index (κ3) is 3.68. The Balaban J connectivity index is 1.96. The van der Waals surface area contributed by atoms with Gasteiger partial charge in [0.15, 0.2) is 0 Å². The van der Waals surface area contributed by atoms with Gasteiger partial charge in [-0.1, -0.05) is 18.2 Å². The maximum atomic E-state index is 12.3. The molecule has 2 aromatic rings. The molecular weight excluding hydrogens is 268 g/mol. The van der Waals surface area contributed by atoms with Gasteiger partial charge in [-0.15, -0.1) is 0 Å². The number of aryl methyl sites for hydroxylation is 1. The molecule has 0 aliphatic carbocycles. The van der Waals surface area contributed by atoms with Crippen LogP contribution in [0.15, 0.2) is 41.1 Å². The molecule has 0 aliphatic rings. The third-order valence-electron chi connectivity index (χ3n) is 3.46. The van der Waals surface area contributed by atoms with E-state index in [0.29, 0.717) is 0 Å². The number of likely N-dealkylation sites (N-methyl/N-ethyl adjacent to an activating group) is 1. The van der Waals surface area contributed by atoms with Crippen LogP contribution < -0.4 is 5.32 Å². The average Bonchev–Trinajstić information content (AvgIpc) is 2.93. The fraction of sp³-hybridized carbons (Fsp3) is 0.312. The predicted molar refractivity (Wildman–Crippen MR) is 85.1 cm³/mol. The SMILES string of the molecule is Cc1ccccc1NC(=O)C(C)N(C)Cc1ccsc1. The van der Waals surface area contributed by atoms with Crippen LogP contribution in [0.4, 0.5) is 5.69 Å². The molecule has 0 aliphatic heterocycles. The van der Waals surface area contributed by atoms with E-state index < -0.39 is 0 Å². The first-order valence-corrected chi connectivity index (χ1v) is 7.60. The maximum Gasteiger partial charge on any atom is 0.241 e. The molecule has 1 N–H and O–H groups in total. The van der Waals surface area contributed by atoms with E-state index in [1.54, 1.807) is 11.3 Å². The Morgan fingerprint density at radius 2 is 2.10 bits per heavy atom. The van der Waals surface area contributed by atoms with Gasteiger partial charge in [-0.2, -0.15) is 11.3 Å². The number of carbonyl (C=O) groups is 1. The van der Waals surface area contributed by atoms with E-state index in [9.17, 15) is 4.79 Å². The van der Waals surface area contributed by atoms with E-state index >= 15 is 0 Å². The number of carbonyl (C=O) groups excluding carboxylic acids is 1. The second-order valence-electron chi connectivity index (χ2n) is 5.03. The number of benzene rings is 1. The van der Waals surface area contributed by atoms with Crippen LogP contribution in [0.2, 0.25) is 0 Å². The number of rotatable bonds is 5. The largest absolute Gasteiger partial charge is 0.324 e. The van der Waals surface area contributed by atoms with Crippen molar-refractivity contribution in [1.82, 2.24) is 4.90 Å². The van der Waals surface area contributed by atoms with Gasteiger partial charge >= 0.3 is 0 Å². The second kappa shape index (κ2) is 6.68. The Kier molecular flexibility index (Phi) is 4.93. The number of hydrogen-bond acceptors (Lipinski definition) is 3. The molecule has 0 bridgehead atoms. The van der Waals surface area contributed by atoms with Crippen molar-refractivity contribution < 1.29 is 4.79 Å². The first-order chi connectivity index (χ1) is 9.58. The number of para-hydroxylation sites is 1. The van der Waals surface area contributed by atoms with Crippen LogP contribution in [0.3, 0.4) is 0 Å². The summed E-state index contributed by atoms with van der Waals surface area (Å²) in [5.41, 5.74) is 3.20. The lowest BCUT2D eigenvalue weighted by Crippen LogP contribution is -2.39. The van der Waals surface area contributed by atoms with Crippen LogP contribution in [0.5, 0.6) is 0 Å². The Morgan fingerprint density at radius 3 is 2.75 bits per heavy atom. The van der Waals surface area contributed by atoms with Gasteiger partial charge in [0.25, 0.3) is 0 Å². The van der Waals surface area contributed by atoms with Gasteiger partial charge in [-0.05, 0) is 54.9 Å². The Labute approximate surface area is 124 Å². The summed E-state index contributed by atoms with van der Waals surface area (Å²) in [5.74, 6) is 0.0250. The number of nitrogens with zero attached hydrogens (tertiary/aromatic N) is 1. The molecule has 106 valence electrons. The van der Waals surface area contributed by atoms with E-state index in [1.165, 1.54) is 5.56 Å². The first kappa shape index (κ1) is 14.8. The van der Waals surface area contributed by atoms with Crippen molar-refractivity contribution in [3.8, 4) is 0 Å². The Morgan fingerprint density at radius 1 is 1.35 bits per heavy atom. The molecule has 4 heteroatoms. The smallest absolute Gasteiger partial charge is 0.241 e. The fourth-order valence-corrected chi connectivity index (χ4v) is 2.62. The molecule has 0 saturated carbocycles. The number of hydrogen-bond donors (Lipinski definition) is 1. The van der Waals surface area contributed by atoms with Gasteiger partial charge < -0.3 is 5.32 Å². The number of thiophene rings is 1. The van der Waals surface area contributed by atoms with E-state index in [-0.39, 0.29) is 11.9 Å². The van der Waals surface area contributed by atoms with Crippen LogP contribution in [-0.4, -0.2) is 23.9 Å². The maximum absolute atomic E-state index is 12.3. The van der Waals surface area contributed by atoms with Crippen molar-refractivity contribution in [2.75, 3.05) is 12.4 Å². The summed E-state index contributed by atoms with van der Waals surface area (Å²) in [4.78, 5) is 14.3. The molecule has 20 heavy (non-hydrogen) atoms. The number of anilines is 1. The minimum atomic E-state index is -0.172. The highest BCUT2D eigenvalue weighted by atomic mass is 32.1. The Bertz CT molecular complexity index is 566. The average molecular weight is 288 g/mol. The highest BCUT2D eigenvalue weighted by molar-refractivity contribution is 7.07.